The lowest BCUT2D eigenvalue weighted by Gasteiger charge is -2.22. The van der Waals surface area contributed by atoms with Gasteiger partial charge in [-0.3, -0.25) is 4.79 Å². The number of nitrogens with zero attached hydrogens (tertiary/aromatic N) is 1. The fraction of sp³-hybridized carbons (Fsp3) is 0.857. The van der Waals surface area contributed by atoms with Crippen molar-refractivity contribution in [1.29, 1.82) is 0 Å². The number of carboxylic acids is 1. The summed E-state index contributed by atoms with van der Waals surface area (Å²) in [5, 5.41) is 8.60. The van der Waals surface area contributed by atoms with Crippen molar-refractivity contribution in [1.82, 2.24) is 9.03 Å². The summed E-state index contributed by atoms with van der Waals surface area (Å²) in [6, 6.07) is -1.26. The van der Waals surface area contributed by atoms with Gasteiger partial charge < -0.3 is 15.6 Å². The zero-order valence-corrected chi connectivity index (χ0v) is 10.0. The molecule has 0 fully saturated rings. The highest BCUT2D eigenvalue weighted by molar-refractivity contribution is 7.87. The molecule has 0 aromatic heterocycles. The standard InChI is InChI=1S/C7H17N3O5S/c1-9-16(13,14)10(3-4-15-2)5-6(8)7(11)12/h6,9H,3-5,8H2,1-2H3,(H,11,12). The average Bonchev–Trinajstić information content (AvgIpc) is 2.23. The maximum Gasteiger partial charge on any atom is 0.321 e. The first-order valence-corrected chi connectivity index (χ1v) is 5.95. The van der Waals surface area contributed by atoms with Crippen molar-refractivity contribution in [2.45, 2.75) is 6.04 Å². The van der Waals surface area contributed by atoms with E-state index in [1.807, 2.05) is 0 Å². The molecular formula is C7H17N3O5S. The van der Waals surface area contributed by atoms with Crippen LogP contribution in [0.4, 0.5) is 0 Å². The Bertz CT molecular complexity index is 318. The lowest BCUT2D eigenvalue weighted by atomic mass is 10.3. The summed E-state index contributed by atoms with van der Waals surface area (Å²) in [7, 11) is -1.05. The van der Waals surface area contributed by atoms with Gasteiger partial charge in [0.2, 0.25) is 0 Å². The van der Waals surface area contributed by atoms with Gasteiger partial charge >= 0.3 is 5.97 Å². The lowest BCUT2D eigenvalue weighted by Crippen LogP contribution is -2.49. The topological polar surface area (TPSA) is 122 Å². The van der Waals surface area contributed by atoms with Crippen LogP contribution in [0.5, 0.6) is 0 Å². The van der Waals surface area contributed by atoms with E-state index in [0.717, 1.165) is 4.31 Å². The molecule has 0 saturated carbocycles. The molecule has 1 atom stereocenters. The predicted octanol–water partition coefficient (Wildman–Crippen LogP) is -2.19. The van der Waals surface area contributed by atoms with E-state index in [2.05, 4.69) is 4.72 Å². The van der Waals surface area contributed by atoms with Crippen LogP contribution in [0.1, 0.15) is 0 Å². The molecule has 0 aliphatic carbocycles. The van der Waals surface area contributed by atoms with Crippen molar-refractivity contribution in [2.24, 2.45) is 5.73 Å². The van der Waals surface area contributed by atoms with Gasteiger partial charge in [-0.05, 0) is 0 Å². The van der Waals surface area contributed by atoms with Gasteiger partial charge in [0, 0.05) is 27.2 Å². The van der Waals surface area contributed by atoms with Gasteiger partial charge in [-0.15, -0.1) is 0 Å². The summed E-state index contributed by atoms with van der Waals surface area (Å²) in [5.74, 6) is -1.26. The summed E-state index contributed by atoms with van der Waals surface area (Å²) in [5.41, 5.74) is 5.27. The van der Waals surface area contributed by atoms with Crippen LogP contribution in [0.2, 0.25) is 0 Å². The summed E-state index contributed by atoms with van der Waals surface area (Å²) < 4.78 is 30.7. The maximum absolute atomic E-state index is 11.5. The number of aliphatic carboxylic acids is 1. The number of ether oxygens (including phenoxy) is 1. The third-order valence-electron chi connectivity index (χ3n) is 1.86. The van der Waals surface area contributed by atoms with Crippen LogP contribution in [0.15, 0.2) is 0 Å². The van der Waals surface area contributed by atoms with E-state index in [1.165, 1.54) is 14.2 Å². The van der Waals surface area contributed by atoms with Crippen LogP contribution in [-0.4, -0.2) is 63.7 Å². The molecule has 0 aromatic carbocycles. The molecule has 0 aliphatic heterocycles. The Hall–Kier alpha value is -0.740. The number of methoxy groups -OCH3 is 1. The van der Waals surface area contributed by atoms with E-state index in [-0.39, 0.29) is 19.7 Å². The van der Waals surface area contributed by atoms with Gasteiger partial charge in [-0.1, -0.05) is 0 Å². The minimum Gasteiger partial charge on any atom is -0.480 e. The number of hydrogen-bond acceptors (Lipinski definition) is 5. The van der Waals surface area contributed by atoms with E-state index in [1.54, 1.807) is 0 Å². The maximum atomic E-state index is 11.5. The van der Waals surface area contributed by atoms with E-state index >= 15 is 0 Å². The van der Waals surface area contributed by atoms with Crippen molar-refractivity contribution in [3.63, 3.8) is 0 Å². The van der Waals surface area contributed by atoms with Crippen molar-refractivity contribution in [3.8, 4) is 0 Å². The molecule has 16 heavy (non-hydrogen) atoms. The molecule has 0 aliphatic rings. The number of nitrogens with two attached hydrogens (primary N) is 1. The molecule has 0 saturated heterocycles. The van der Waals surface area contributed by atoms with E-state index in [9.17, 15) is 13.2 Å². The molecular weight excluding hydrogens is 238 g/mol. The largest absolute Gasteiger partial charge is 0.480 e. The number of hydrogen-bond donors (Lipinski definition) is 3. The smallest absolute Gasteiger partial charge is 0.321 e. The third kappa shape index (κ3) is 4.86. The van der Waals surface area contributed by atoms with Crippen LogP contribution in [0.25, 0.3) is 0 Å². The first kappa shape index (κ1) is 15.3. The molecule has 0 heterocycles. The number of carbonyl (C=O) groups is 1. The summed E-state index contributed by atoms with van der Waals surface area (Å²) >= 11 is 0. The van der Waals surface area contributed by atoms with Crippen molar-refractivity contribution < 1.29 is 23.1 Å². The van der Waals surface area contributed by atoms with Gasteiger partial charge in [-0.25, -0.2) is 4.72 Å². The van der Waals surface area contributed by atoms with Gasteiger partial charge in [-0.2, -0.15) is 12.7 Å². The number of nitrogens with one attached hydrogen (secondary N) is 1. The monoisotopic (exact) mass is 255 g/mol. The fourth-order valence-corrected chi connectivity index (χ4v) is 1.86. The molecule has 0 rings (SSSR count). The number of carboxylic acid groups (broad SMARTS) is 1. The van der Waals surface area contributed by atoms with Crippen LogP contribution >= 0.6 is 0 Å². The second-order valence-electron chi connectivity index (χ2n) is 3.00. The highest BCUT2D eigenvalue weighted by Crippen LogP contribution is 1.99. The van der Waals surface area contributed by atoms with Crippen molar-refractivity contribution >= 4 is 16.2 Å². The first-order valence-electron chi connectivity index (χ1n) is 4.51. The quantitative estimate of drug-likeness (QED) is 0.453. The van der Waals surface area contributed by atoms with Crippen LogP contribution in [-0.2, 0) is 19.7 Å². The highest BCUT2D eigenvalue weighted by atomic mass is 32.2. The minimum absolute atomic E-state index is 0.0423. The summed E-state index contributed by atoms with van der Waals surface area (Å²) in [6.45, 7) is -0.101. The second-order valence-corrected chi connectivity index (χ2v) is 4.88. The zero-order valence-electron chi connectivity index (χ0n) is 9.21. The van der Waals surface area contributed by atoms with Gasteiger partial charge in [0.1, 0.15) is 6.04 Å². The summed E-state index contributed by atoms with van der Waals surface area (Å²) in [4.78, 5) is 10.5. The molecule has 96 valence electrons. The second kappa shape index (κ2) is 6.76. The molecule has 0 aromatic rings. The van der Waals surface area contributed by atoms with Crippen LogP contribution < -0.4 is 10.5 Å². The molecule has 9 heteroatoms. The van der Waals surface area contributed by atoms with Gasteiger partial charge in [0.05, 0.1) is 6.61 Å². The number of rotatable bonds is 8. The molecule has 8 nitrogen and oxygen atoms in total. The fourth-order valence-electron chi connectivity index (χ4n) is 0.929. The van der Waals surface area contributed by atoms with Gasteiger partial charge in [0.25, 0.3) is 10.2 Å². The Balaban J connectivity index is 4.62. The normalized spacial score (nSPS) is 14.0. The van der Waals surface area contributed by atoms with Gasteiger partial charge in [0.15, 0.2) is 0 Å². The SMILES string of the molecule is CNS(=O)(=O)N(CCOC)CC(N)C(=O)O. The Morgan fingerprint density at radius 1 is 1.62 bits per heavy atom. The van der Waals surface area contributed by atoms with Crippen LogP contribution in [0, 0.1) is 0 Å². The average molecular weight is 255 g/mol. The Morgan fingerprint density at radius 2 is 2.19 bits per heavy atom. The van der Waals surface area contributed by atoms with Crippen molar-refractivity contribution in [3.05, 3.63) is 0 Å². The molecule has 0 amide bonds. The van der Waals surface area contributed by atoms with Crippen molar-refractivity contribution in [2.75, 3.05) is 33.9 Å². The highest BCUT2D eigenvalue weighted by Gasteiger charge is 2.25. The molecule has 0 spiro atoms. The zero-order chi connectivity index (χ0) is 12.8. The minimum atomic E-state index is -3.70. The summed E-state index contributed by atoms with van der Waals surface area (Å²) in [6.07, 6.45) is 0. The molecule has 4 N–H and O–H groups in total. The lowest BCUT2D eigenvalue weighted by molar-refractivity contribution is -0.138. The third-order valence-corrected chi connectivity index (χ3v) is 3.39. The Morgan fingerprint density at radius 3 is 2.56 bits per heavy atom. The molecule has 1 unspecified atom stereocenters. The Labute approximate surface area is 94.5 Å². The molecule has 0 bridgehead atoms. The Kier molecular flexibility index (Phi) is 6.45. The first-order chi connectivity index (χ1) is 7.35. The predicted molar refractivity (Wildman–Crippen MR) is 57.0 cm³/mol. The van der Waals surface area contributed by atoms with E-state index < -0.39 is 22.2 Å². The van der Waals surface area contributed by atoms with E-state index in [4.69, 9.17) is 15.6 Å². The molecule has 0 radical (unpaired) electrons. The van der Waals surface area contributed by atoms with E-state index in [0.29, 0.717) is 0 Å². The van der Waals surface area contributed by atoms with Crippen LogP contribution in [0.3, 0.4) is 0 Å².